The highest BCUT2D eigenvalue weighted by Gasteiger charge is 2.42. The summed E-state index contributed by atoms with van der Waals surface area (Å²) in [5.41, 5.74) is 6.17. The van der Waals surface area contributed by atoms with E-state index in [1.165, 1.54) is 0 Å². The number of carbonyl (C=O) groups excluding carboxylic acids is 1. The Morgan fingerprint density at radius 3 is 2.39 bits per heavy atom. The third-order valence-electron chi connectivity index (χ3n) is 7.24. The van der Waals surface area contributed by atoms with E-state index in [4.69, 9.17) is 14.2 Å². The Balaban J connectivity index is 1.40. The van der Waals surface area contributed by atoms with Crippen molar-refractivity contribution in [3.8, 4) is 28.5 Å². The van der Waals surface area contributed by atoms with Gasteiger partial charge in [-0.1, -0.05) is 24.3 Å². The van der Waals surface area contributed by atoms with Crippen LogP contribution in [0.2, 0.25) is 0 Å². The van der Waals surface area contributed by atoms with Crippen molar-refractivity contribution in [2.24, 2.45) is 0 Å². The second-order valence-corrected chi connectivity index (χ2v) is 9.24. The number of nitrogens with one attached hydrogen (secondary N) is 2. The van der Waals surface area contributed by atoms with Crippen LogP contribution in [-0.4, -0.2) is 53.9 Å². The van der Waals surface area contributed by atoms with Crippen LogP contribution in [-0.2, 0) is 6.42 Å². The third-order valence-corrected chi connectivity index (χ3v) is 7.24. The van der Waals surface area contributed by atoms with Crippen LogP contribution in [0.15, 0.2) is 72.9 Å². The van der Waals surface area contributed by atoms with Gasteiger partial charge < -0.3 is 24.1 Å². The molecule has 5 aromatic rings. The largest absolute Gasteiger partial charge is 0.497 e. The predicted octanol–water partition coefficient (Wildman–Crippen LogP) is 5.37. The summed E-state index contributed by atoms with van der Waals surface area (Å²) in [5, 5.41) is 8.70. The van der Waals surface area contributed by atoms with Gasteiger partial charge in [-0.25, -0.2) is 0 Å². The summed E-state index contributed by atoms with van der Waals surface area (Å²) in [5.74, 6) is 2.23. The quantitative estimate of drug-likeness (QED) is 0.294. The number of amides is 1. The Kier molecular flexibility index (Phi) is 5.99. The molecule has 2 N–H and O–H groups in total. The number of fused-ring (bicyclic) bond motifs is 2. The average molecular weight is 509 g/mol. The van der Waals surface area contributed by atoms with Crippen molar-refractivity contribution in [3.63, 3.8) is 0 Å². The van der Waals surface area contributed by atoms with Gasteiger partial charge in [0.1, 0.15) is 22.9 Å². The Labute approximate surface area is 220 Å². The Morgan fingerprint density at radius 1 is 0.895 bits per heavy atom. The molecule has 6 rings (SSSR count). The van der Waals surface area contributed by atoms with Crippen LogP contribution >= 0.6 is 0 Å². The highest BCUT2D eigenvalue weighted by Crippen LogP contribution is 2.43. The van der Waals surface area contributed by atoms with Crippen LogP contribution < -0.4 is 14.2 Å². The first-order valence-electron chi connectivity index (χ1n) is 12.4. The number of hydrogen-bond donors (Lipinski definition) is 2. The van der Waals surface area contributed by atoms with Crippen LogP contribution in [0.5, 0.6) is 17.2 Å². The molecule has 0 saturated heterocycles. The maximum atomic E-state index is 13.8. The molecule has 0 fully saturated rings. The van der Waals surface area contributed by atoms with Gasteiger partial charge in [0.25, 0.3) is 5.91 Å². The van der Waals surface area contributed by atoms with E-state index in [1.54, 1.807) is 21.3 Å². The lowest BCUT2D eigenvalue weighted by atomic mass is 9.95. The van der Waals surface area contributed by atoms with Gasteiger partial charge in [-0.05, 0) is 60.0 Å². The van der Waals surface area contributed by atoms with Gasteiger partial charge in [0, 0.05) is 34.8 Å². The van der Waals surface area contributed by atoms with Crippen molar-refractivity contribution >= 4 is 16.8 Å². The van der Waals surface area contributed by atoms with Gasteiger partial charge >= 0.3 is 0 Å². The number of aromatic amines is 2. The Hall–Kier alpha value is -4.72. The lowest BCUT2D eigenvalue weighted by Crippen LogP contribution is -2.31. The molecule has 0 radical (unpaired) electrons. The van der Waals surface area contributed by atoms with E-state index in [1.807, 2.05) is 77.8 Å². The molecule has 2 aromatic heterocycles. The predicted molar refractivity (Wildman–Crippen MR) is 145 cm³/mol. The zero-order valence-corrected chi connectivity index (χ0v) is 21.4. The number of hydrogen-bond acceptors (Lipinski definition) is 5. The van der Waals surface area contributed by atoms with Crippen molar-refractivity contribution in [1.29, 1.82) is 0 Å². The highest BCUT2D eigenvalue weighted by molar-refractivity contribution is 6.00. The molecule has 38 heavy (non-hydrogen) atoms. The molecule has 1 aliphatic rings. The first-order chi connectivity index (χ1) is 18.6. The Morgan fingerprint density at radius 2 is 1.63 bits per heavy atom. The molecule has 0 spiro atoms. The summed E-state index contributed by atoms with van der Waals surface area (Å²) in [6, 6.07) is 21.3. The molecule has 0 unspecified atom stereocenters. The van der Waals surface area contributed by atoms with E-state index in [0.29, 0.717) is 18.7 Å². The molecule has 0 bridgehead atoms. The van der Waals surface area contributed by atoms with Crippen LogP contribution in [0.1, 0.15) is 33.2 Å². The van der Waals surface area contributed by atoms with Crippen molar-refractivity contribution in [2.75, 3.05) is 27.9 Å². The van der Waals surface area contributed by atoms with Gasteiger partial charge in [0.2, 0.25) is 0 Å². The summed E-state index contributed by atoms with van der Waals surface area (Å²) in [6.07, 6.45) is 2.69. The number of H-pyrrole nitrogens is 2. The number of carbonyl (C=O) groups is 1. The monoisotopic (exact) mass is 508 g/mol. The van der Waals surface area contributed by atoms with Crippen LogP contribution in [0.3, 0.4) is 0 Å². The number of benzene rings is 3. The number of nitrogens with zero attached hydrogens (tertiary/aromatic N) is 2. The Bertz CT molecular complexity index is 1620. The maximum Gasteiger partial charge on any atom is 0.273 e. The van der Waals surface area contributed by atoms with Crippen molar-refractivity contribution < 1.29 is 19.0 Å². The number of methoxy groups -OCH3 is 3. The van der Waals surface area contributed by atoms with Crippen LogP contribution in [0.25, 0.3) is 22.2 Å². The van der Waals surface area contributed by atoms with E-state index in [2.05, 4.69) is 15.2 Å². The van der Waals surface area contributed by atoms with Crippen molar-refractivity contribution in [2.45, 2.75) is 12.5 Å². The molecular weight excluding hydrogens is 480 g/mol. The molecule has 8 heteroatoms. The van der Waals surface area contributed by atoms with Crippen LogP contribution in [0, 0.1) is 0 Å². The minimum Gasteiger partial charge on any atom is -0.497 e. The average Bonchev–Trinajstić information content (AvgIpc) is 3.65. The summed E-state index contributed by atoms with van der Waals surface area (Å²) < 4.78 is 16.3. The van der Waals surface area contributed by atoms with Gasteiger partial charge in [-0.2, -0.15) is 5.10 Å². The fourth-order valence-electron chi connectivity index (χ4n) is 5.28. The van der Waals surface area contributed by atoms with Gasteiger partial charge in [0.15, 0.2) is 0 Å². The normalized spacial score (nSPS) is 14.7. The second-order valence-electron chi connectivity index (χ2n) is 9.24. The fourth-order valence-corrected chi connectivity index (χ4v) is 5.28. The summed E-state index contributed by atoms with van der Waals surface area (Å²) >= 11 is 0. The van der Waals surface area contributed by atoms with E-state index in [0.717, 1.165) is 56.1 Å². The van der Waals surface area contributed by atoms with Gasteiger partial charge in [-0.15, -0.1) is 0 Å². The SMILES string of the molecule is COc1ccc([C@@H]2c3c(-c4cccc(OC)c4)n[nH]c3C(=O)N2CCc2c[nH]c3ccc(OC)cc23)cc1. The molecule has 1 atom stereocenters. The molecule has 1 amide bonds. The first kappa shape index (κ1) is 23.7. The van der Waals surface area contributed by atoms with Gasteiger partial charge in [-0.3, -0.25) is 9.89 Å². The number of aromatic nitrogens is 3. The smallest absolute Gasteiger partial charge is 0.273 e. The zero-order chi connectivity index (χ0) is 26.2. The van der Waals surface area contributed by atoms with Crippen molar-refractivity contribution in [3.05, 3.63) is 95.3 Å². The molecule has 0 saturated carbocycles. The molecule has 192 valence electrons. The first-order valence-corrected chi connectivity index (χ1v) is 12.4. The van der Waals surface area contributed by atoms with Gasteiger partial charge in [0.05, 0.1) is 33.1 Å². The third kappa shape index (κ3) is 3.94. The standard InChI is InChI=1S/C30H28N4O4/c1-36-21-9-7-18(8-10-21)29-26-27(19-5-4-6-22(15-19)37-2)32-33-28(26)30(35)34(29)14-13-20-17-31-25-12-11-23(38-3)16-24(20)25/h4-12,15-17,29,31H,13-14H2,1-3H3,(H,32,33)/t29-/m1/s1. The maximum absolute atomic E-state index is 13.8. The minimum absolute atomic E-state index is 0.0696. The van der Waals surface area contributed by atoms with E-state index in [-0.39, 0.29) is 11.9 Å². The molecular formula is C30H28N4O4. The molecule has 3 heterocycles. The van der Waals surface area contributed by atoms with E-state index < -0.39 is 0 Å². The minimum atomic E-state index is -0.303. The van der Waals surface area contributed by atoms with Crippen LogP contribution in [0.4, 0.5) is 0 Å². The zero-order valence-electron chi connectivity index (χ0n) is 21.4. The summed E-state index contributed by atoms with van der Waals surface area (Å²) in [6.45, 7) is 0.528. The highest BCUT2D eigenvalue weighted by atomic mass is 16.5. The number of rotatable bonds is 8. The molecule has 8 nitrogen and oxygen atoms in total. The van der Waals surface area contributed by atoms with E-state index in [9.17, 15) is 4.79 Å². The second kappa shape index (κ2) is 9.63. The topological polar surface area (TPSA) is 92.5 Å². The van der Waals surface area contributed by atoms with Crippen molar-refractivity contribution in [1.82, 2.24) is 20.1 Å². The summed E-state index contributed by atoms with van der Waals surface area (Å²) in [7, 11) is 4.95. The lowest BCUT2D eigenvalue weighted by Gasteiger charge is -2.26. The lowest BCUT2D eigenvalue weighted by molar-refractivity contribution is 0.0746. The summed E-state index contributed by atoms with van der Waals surface area (Å²) in [4.78, 5) is 19.0. The molecule has 1 aliphatic heterocycles. The molecule has 3 aromatic carbocycles. The number of ether oxygens (including phenoxy) is 3. The van der Waals surface area contributed by atoms with E-state index >= 15 is 0 Å². The molecule has 0 aliphatic carbocycles. The fraction of sp³-hybridized carbons (Fsp3) is 0.200.